The number of H-pyrrole nitrogens is 1. The molecular formula is C15H24N2O2. The Balaban J connectivity index is 1.73. The first-order valence-corrected chi connectivity index (χ1v) is 7.16. The summed E-state index contributed by atoms with van der Waals surface area (Å²) in [6.07, 6.45) is 5.43. The fraction of sp³-hybridized carbons (Fsp3) is 0.667. The third-order valence-electron chi connectivity index (χ3n) is 3.95. The SMILES string of the molecule is COC(=O)c1ccc(CNCC2CCCC(C)C2)[nH]1. The number of hydrogen-bond acceptors (Lipinski definition) is 3. The second-order valence-corrected chi connectivity index (χ2v) is 5.66. The summed E-state index contributed by atoms with van der Waals surface area (Å²) >= 11 is 0. The predicted octanol–water partition coefficient (Wildman–Crippen LogP) is 2.72. The van der Waals surface area contributed by atoms with E-state index in [0.29, 0.717) is 5.69 Å². The molecule has 0 bridgehead atoms. The molecule has 2 unspecified atom stereocenters. The lowest BCUT2D eigenvalue weighted by Crippen LogP contribution is -2.26. The Labute approximate surface area is 114 Å². The first kappa shape index (κ1) is 14.1. The molecule has 0 radical (unpaired) electrons. The zero-order valence-corrected chi connectivity index (χ0v) is 11.9. The summed E-state index contributed by atoms with van der Waals surface area (Å²) in [5, 5.41) is 3.48. The van der Waals surface area contributed by atoms with E-state index in [2.05, 4.69) is 22.0 Å². The first-order valence-electron chi connectivity index (χ1n) is 7.16. The molecule has 0 saturated heterocycles. The molecule has 2 N–H and O–H groups in total. The Morgan fingerprint density at radius 3 is 3.05 bits per heavy atom. The number of hydrogen-bond donors (Lipinski definition) is 2. The van der Waals surface area contributed by atoms with Gasteiger partial charge in [0.15, 0.2) is 0 Å². The van der Waals surface area contributed by atoms with E-state index in [9.17, 15) is 4.79 Å². The largest absolute Gasteiger partial charge is 0.464 e. The highest BCUT2D eigenvalue weighted by molar-refractivity contribution is 5.87. The third-order valence-corrected chi connectivity index (χ3v) is 3.95. The molecule has 1 aromatic rings. The molecular weight excluding hydrogens is 240 g/mol. The number of esters is 1. The summed E-state index contributed by atoms with van der Waals surface area (Å²) in [5.41, 5.74) is 1.55. The molecule has 0 aromatic carbocycles. The molecule has 2 rings (SSSR count). The fourth-order valence-corrected chi connectivity index (χ4v) is 2.93. The monoisotopic (exact) mass is 264 g/mol. The summed E-state index contributed by atoms with van der Waals surface area (Å²) in [7, 11) is 1.39. The van der Waals surface area contributed by atoms with Gasteiger partial charge in [0.05, 0.1) is 7.11 Å². The quantitative estimate of drug-likeness (QED) is 0.804. The first-order chi connectivity index (χ1) is 9.19. The minimum absolute atomic E-state index is 0.313. The molecule has 2 atom stereocenters. The van der Waals surface area contributed by atoms with Crippen molar-refractivity contribution in [1.29, 1.82) is 0 Å². The van der Waals surface area contributed by atoms with Gasteiger partial charge >= 0.3 is 5.97 Å². The van der Waals surface area contributed by atoms with Gasteiger partial charge in [-0.15, -0.1) is 0 Å². The summed E-state index contributed by atoms with van der Waals surface area (Å²) in [4.78, 5) is 14.4. The molecule has 1 aliphatic rings. The fourth-order valence-electron chi connectivity index (χ4n) is 2.93. The van der Waals surface area contributed by atoms with Crippen molar-refractivity contribution in [3.8, 4) is 0 Å². The molecule has 106 valence electrons. The van der Waals surface area contributed by atoms with Crippen LogP contribution in [0.4, 0.5) is 0 Å². The average Bonchev–Trinajstić information content (AvgIpc) is 2.87. The van der Waals surface area contributed by atoms with Crippen molar-refractivity contribution in [1.82, 2.24) is 10.3 Å². The van der Waals surface area contributed by atoms with Crippen LogP contribution in [-0.4, -0.2) is 24.6 Å². The maximum atomic E-state index is 11.3. The highest BCUT2D eigenvalue weighted by atomic mass is 16.5. The van der Waals surface area contributed by atoms with Gasteiger partial charge in [-0.1, -0.05) is 19.8 Å². The van der Waals surface area contributed by atoms with Gasteiger partial charge in [0.2, 0.25) is 0 Å². The highest BCUT2D eigenvalue weighted by Gasteiger charge is 2.18. The Kier molecular flexibility index (Phi) is 5.02. The Bertz CT molecular complexity index is 414. The van der Waals surface area contributed by atoms with Crippen LogP contribution in [0.15, 0.2) is 12.1 Å². The molecule has 1 heterocycles. The zero-order chi connectivity index (χ0) is 13.7. The van der Waals surface area contributed by atoms with E-state index < -0.39 is 0 Å². The van der Waals surface area contributed by atoms with Crippen LogP contribution in [0.2, 0.25) is 0 Å². The summed E-state index contributed by atoms with van der Waals surface area (Å²) in [6, 6.07) is 3.70. The lowest BCUT2D eigenvalue weighted by atomic mass is 9.82. The molecule has 0 amide bonds. The Morgan fingerprint density at radius 2 is 2.32 bits per heavy atom. The molecule has 1 fully saturated rings. The second kappa shape index (κ2) is 6.75. The van der Waals surface area contributed by atoms with Gasteiger partial charge < -0.3 is 15.0 Å². The minimum Gasteiger partial charge on any atom is -0.464 e. The molecule has 1 aromatic heterocycles. The van der Waals surface area contributed by atoms with Crippen LogP contribution in [-0.2, 0) is 11.3 Å². The van der Waals surface area contributed by atoms with Crippen molar-refractivity contribution in [2.24, 2.45) is 11.8 Å². The van der Waals surface area contributed by atoms with Gasteiger partial charge in [-0.2, -0.15) is 0 Å². The smallest absolute Gasteiger partial charge is 0.354 e. The summed E-state index contributed by atoms with van der Waals surface area (Å²) < 4.78 is 4.67. The van der Waals surface area contributed by atoms with Gasteiger partial charge in [-0.05, 0) is 43.4 Å². The van der Waals surface area contributed by atoms with Crippen molar-refractivity contribution in [3.63, 3.8) is 0 Å². The average molecular weight is 264 g/mol. The van der Waals surface area contributed by atoms with Crippen molar-refractivity contribution in [2.75, 3.05) is 13.7 Å². The van der Waals surface area contributed by atoms with Gasteiger partial charge in [-0.3, -0.25) is 0 Å². The number of aromatic amines is 1. The zero-order valence-electron chi connectivity index (χ0n) is 11.9. The van der Waals surface area contributed by atoms with Crippen molar-refractivity contribution >= 4 is 5.97 Å². The molecule has 0 spiro atoms. The van der Waals surface area contributed by atoms with E-state index in [4.69, 9.17) is 0 Å². The van der Waals surface area contributed by atoms with Crippen LogP contribution < -0.4 is 5.32 Å². The molecule has 0 aliphatic heterocycles. The summed E-state index contributed by atoms with van der Waals surface area (Å²) in [5.74, 6) is 1.36. The van der Waals surface area contributed by atoms with E-state index in [1.54, 1.807) is 6.07 Å². The van der Waals surface area contributed by atoms with Gasteiger partial charge in [-0.25, -0.2) is 4.79 Å². The summed E-state index contributed by atoms with van der Waals surface area (Å²) in [6.45, 7) is 4.19. The minimum atomic E-state index is -0.313. The number of rotatable bonds is 5. The lowest BCUT2D eigenvalue weighted by molar-refractivity contribution is 0.0594. The van der Waals surface area contributed by atoms with Gasteiger partial charge in [0, 0.05) is 12.2 Å². The number of carbonyl (C=O) groups is 1. The van der Waals surface area contributed by atoms with Crippen LogP contribution in [0.3, 0.4) is 0 Å². The number of methoxy groups -OCH3 is 1. The van der Waals surface area contributed by atoms with Crippen LogP contribution in [0.1, 0.15) is 48.8 Å². The van der Waals surface area contributed by atoms with E-state index in [0.717, 1.165) is 30.6 Å². The van der Waals surface area contributed by atoms with E-state index >= 15 is 0 Å². The molecule has 1 saturated carbocycles. The normalized spacial score (nSPS) is 23.3. The molecule has 4 nitrogen and oxygen atoms in total. The Morgan fingerprint density at radius 1 is 1.47 bits per heavy atom. The molecule has 1 aliphatic carbocycles. The van der Waals surface area contributed by atoms with E-state index in [1.165, 1.54) is 32.8 Å². The topological polar surface area (TPSA) is 54.1 Å². The van der Waals surface area contributed by atoms with Crippen molar-refractivity contribution in [3.05, 3.63) is 23.5 Å². The molecule has 19 heavy (non-hydrogen) atoms. The predicted molar refractivity (Wildman–Crippen MR) is 75.0 cm³/mol. The van der Waals surface area contributed by atoms with Crippen LogP contribution in [0.25, 0.3) is 0 Å². The number of ether oxygens (including phenoxy) is 1. The Hall–Kier alpha value is -1.29. The number of aromatic nitrogens is 1. The molecule has 4 heteroatoms. The van der Waals surface area contributed by atoms with Crippen LogP contribution in [0, 0.1) is 11.8 Å². The van der Waals surface area contributed by atoms with Crippen molar-refractivity contribution in [2.45, 2.75) is 39.2 Å². The second-order valence-electron chi connectivity index (χ2n) is 5.66. The number of nitrogens with one attached hydrogen (secondary N) is 2. The standard InChI is InChI=1S/C15H24N2O2/c1-11-4-3-5-12(8-11)9-16-10-13-6-7-14(17-13)15(18)19-2/h6-7,11-12,16-17H,3-5,8-10H2,1-2H3. The van der Waals surface area contributed by atoms with Gasteiger partial charge in [0.1, 0.15) is 5.69 Å². The third kappa shape index (κ3) is 4.10. The van der Waals surface area contributed by atoms with E-state index in [1.807, 2.05) is 6.07 Å². The highest BCUT2D eigenvalue weighted by Crippen LogP contribution is 2.27. The number of carbonyl (C=O) groups excluding carboxylic acids is 1. The van der Waals surface area contributed by atoms with Crippen molar-refractivity contribution < 1.29 is 9.53 Å². The maximum absolute atomic E-state index is 11.3. The van der Waals surface area contributed by atoms with E-state index in [-0.39, 0.29) is 5.97 Å². The maximum Gasteiger partial charge on any atom is 0.354 e. The van der Waals surface area contributed by atoms with Crippen LogP contribution >= 0.6 is 0 Å². The van der Waals surface area contributed by atoms with Gasteiger partial charge in [0.25, 0.3) is 0 Å². The lowest BCUT2D eigenvalue weighted by Gasteiger charge is -2.26. The van der Waals surface area contributed by atoms with Crippen LogP contribution in [0.5, 0.6) is 0 Å².